The SMILES string of the molecule is N=c1oc2ccccc2cc1C(=O)Nc1ccc([N+](=O)[O-])cc1. The lowest BCUT2D eigenvalue weighted by atomic mass is 10.1. The predicted octanol–water partition coefficient (Wildman–Crippen LogP) is 3.07. The van der Waals surface area contributed by atoms with Crippen molar-refractivity contribution in [3.63, 3.8) is 0 Å². The van der Waals surface area contributed by atoms with E-state index in [2.05, 4.69) is 5.32 Å². The number of para-hydroxylation sites is 1. The molecule has 0 saturated heterocycles. The zero-order valence-electron chi connectivity index (χ0n) is 11.8. The van der Waals surface area contributed by atoms with Gasteiger partial charge in [-0.15, -0.1) is 0 Å². The van der Waals surface area contributed by atoms with Crippen LogP contribution in [-0.2, 0) is 0 Å². The van der Waals surface area contributed by atoms with E-state index >= 15 is 0 Å². The highest BCUT2D eigenvalue weighted by Gasteiger charge is 2.12. The third kappa shape index (κ3) is 2.93. The molecule has 3 rings (SSSR count). The lowest BCUT2D eigenvalue weighted by Gasteiger charge is -2.06. The van der Waals surface area contributed by atoms with Crippen LogP contribution in [0.4, 0.5) is 11.4 Å². The van der Waals surface area contributed by atoms with Gasteiger partial charge in [0, 0.05) is 23.2 Å². The molecule has 0 aliphatic rings. The summed E-state index contributed by atoms with van der Waals surface area (Å²) in [5.74, 6) is -0.515. The largest absolute Gasteiger partial charge is 0.438 e. The number of nitrogens with one attached hydrogen (secondary N) is 2. The van der Waals surface area contributed by atoms with Crippen molar-refractivity contribution in [2.24, 2.45) is 0 Å². The zero-order valence-corrected chi connectivity index (χ0v) is 11.8. The molecule has 0 atom stereocenters. The van der Waals surface area contributed by atoms with Crippen LogP contribution in [0.2, 0.25) is 0 Å². The molecule has 23 heavy (non-hydrogen) atoms. The van der Waals surface area contributed by atoms with E-state index in [9.17, 15) is 14.9 Å². The summed E-state index contributed by atoms with van der Waals surface area (Å²) < 4.78 is 5.32. The van der Waals surface area contributed by atoms with Gasteiger partial charge in [-0.25, -0.2) is 0 Å². The van der Waals surface area contributed by atoms with Gasteiger partial charge in [-0.05, 0) is 24.3 Å². The maximum atomic E-state index is 12.3. The highest BCUT2D eigenvalue weighted by molar-refractivity contribution is 6.05. The Morgan fingerprint density at radius 1 is 1.13 bits per heavy atom. The Balaban J connectivity index is 1.89. The Bertz CT molecular complexity index is 961. The van der Waals surface area contributed by atoms with Crippen LogP contribution in [-0.4, -0.2) is 10.8 Å². The van der Waals surface area contributed by atoms with Crippen molar-refractivity contribution in [3.8, 4) is 0 Å². The van der Waals surface area contributed by atoms with E-state index in [1.807, 2.05) is 0 Å². The molecule has 0 aliphatic carbocycles. The number of carbonyl (C=O) groups is 1. The Morgan fingerprint density at radius 3 is 2.52 bits per heavy atom. The molecule has 2 N–H and O–H groups in total. The summed E-state index contributed by atoms with van der Waals surface area (Å²) in [6.45, 7) is 0. The molecule has 7 heteroatoms. The van der Waals surface area contributed by atoms with Gasteiger partial charge in [-0.3, -0.25) is 20.3 Å². The molecule has 0 fully saturated rings. The molecule has 114 valence electrons. The average Bonchev–Trinajstić information content (AvgIpc) is 2.54. The second-order valence-electron chi connectivity index (χ2n) is 4.79. The Morgan fingerprint density at radius 2 is 1.83 bits per heavy atom. The molecule has 1 amide bonds. The molecule has 0 saturated carbocycles. The lowest BCUT2D eigenvalue weighted by molar-refractivity contribution is -0.384. The fourth-order valence-electron chi connectivity index (χ4n) is 2.11. The van der Waals surface area contributed by atoms with Crippen molar-refractivity contribution in [2.75, 3.05) is 5.32 Å². The molecule has 2 aromatic carbocycles. The third-order valence-corrected chi connectivity index (χ3v) is 3.26. The van der Waals surface area contributed by atoms with Crippen LogP contribution in [0.3, 0.4) is 0 Å². The minimum atomic E-state index is -0.518. The van der Waals surface area contributed by atoms with E-state index in [1.54, 1.807) is 30.3 Å². The number of rotatable bonds is 3. The van der Waals surface area contributed by atoms with Gasteiger partial charge in [0.15, 0.2) is 0 Å². The van der Waals surface area contributed by atoms with E-state index in [4.69, 9.17) is 9.83 Å². The molecule has 1 aromatic heterocycles. The van der Waals surface area contributed by atoms with Crippen LogP contribution in [0, 0.1) is 15.5 Å². The summed E-state index contributed by atoms with van der Waals surface area (Å²) in [6, 6.07) is 14.1. The fourth-order valence-corrected chi connectivity index (χ4v) is 2.11. The van der Waals surface area contributed by atoms with Gasteiger partial charge >= 0.3 is 0 Å². The molecule has 0 unspecified atom stereocenters. The van der Waals surface area contributed by atoms with E-state index in [1.165, 1.54) is 24.3 Å². The van der Waals surface area contributed by atoms with Crippen molar-refractivity contribution in [1.82, 2.24) is 0 Å². The topological polar surface area (TPSA) is 109 Å². The molecule has 0 aliphatic heterocycles. The van der Waals surface area contributed by atoms with E-state index in [0.717, 1.165) is 0 Å². The molecule has 0 radical (unpaired) electrons. The van der Waals surface area contributed by atoms with Gasteiger partial charge in [0.1, 0.15) is 11.1 Å². The standard InChI is InChI=1S/C16H11N3O4/c17-15-13(9-10-3-1-2-4-14(10)23-15)16(20)18-11-5-7-12(8-6-11)19(21)22/h1-9,17H,(H,18,20). The van der Waals surface area contributed by atoms with Crippen molar-refractivity contribution >= 4 is 28.3 Å². The van der Waals surface area contributed by atoms with Crippen molar-refractivity contribution in [3.05, 3.63) is 75.8 Å². The van der Waals surface area contributed by atoms with Crippen LogP contribution in [0.25, 0.3) is 11.0 Å². The number of nitrogens with zero attached hydrogens (tertiary/aromatic N) is 1. The molecule has 0 bridgehead atoms. The van der Waals surface area contributed by atoms with Gasteiger partial charge in [-0.1, -0.05) is 18.2 Å². The van der Waals surface area contributed by atoms with Crippen LogP contribution in [0.5, 0.6) is 0 Å². The van der Waals surface area contributed by atoms with Crippen LogP contribution in [0.15, 0.2) is 59.0 Å². The number of anilines is 1. The first kappa shape index (κ1) is 14.5. The minimum Gasteiger partial charge on any atom is -0.438 e. The van der Waals surface area contributed by atoms with Crippen LogP contribution >= 0.6 is 0 Å². The van der Waals surface area contributed by atoms with E-state index in [-0.39, 0.29) is 16.8 Å². The third-order valence-electron chi connectivity index (χ3n) is 3.26. The first-order chi connectivity index (χ1) is 11.0. The number of fused-ring (bicyclic) bond motifs is 1. The summed E-state index contributed by atoms with van der Waals surface area (Å²) in [4.78, 5) is 22.4. The molecule has 7 nitrogen and oxygen atoms in total. The van der Waals surface area contributed by atoms with Crippen molar-refractivity contribution < 1.29 is 14.1 Å². The smallest absolute Gasteiger partial charge is 0.269 e. The number of amides is 1. The summed E-state index contributed by atoms with van der Waals surface area (Å²) in [7, 11) is 0. The summed E-state index contributed by atoms with van der Waals surface area (Å²) in [5.41, 5.74) is 0.688. The maximum Gasteiger partial charge on any atom is 0.269 e. The monoisotopic (exact) mass is 309 g/mol. The second kappa shape index (κ2) is 5.72. The van der Waals surface area contributed by atoms with Gasteiger partial charge in [0.2, 0.25) is 5.55 Å². The van der Waals surface area contributed by atoms with Gasteiger partial charge < -0.3 is 9.73 Å². The maximum absolute atomic E-state index is 12.3. The molecular weight excluding hydrogens is 298 g/mol. The number of nitro groups is 1. The van der Waals surface area contributed by atoms with Gasteiger partial charge in [0.25, 0.3) is 11.6 Å². The molecule has 3 aromatic rings. The molecule has 0 spiro atoms. The summed E-state index contributed by atoms with van der Waals surface area (Å²) in [6.07, 6.45) is 0. The average molecular weight is 309 g/mol. The fraction of sp³-hybridized carbons (Fsp3) is 0. The first-order valence-electron chi connectivity index (χ1n) is 6.68. The number of non-ortho nitro benzene ring substituents is 1. The lowest BCUT2D eigenvalue weighted by Crippen LogP contribution is -2.20. The molecular formula is C16H11N3O4. The first-order valence-corrected chi connectivity index (χ1v) is 6.68. The zero-order chi connectivity index (χ0) is 16.4. The summed E-state index contributed by atoms with van der Waals surface area (Å²) in [5, 5.41) is 21.7. The number of benzene rings is 2. The highest BCUT2D eigenvalue weighted by atomic mass is 16.6. The minimum absolute atomic E-state index is 0.0649. The number of nitro benzene ring substituents is 1. The van der Waals surface area contributed by atoms with E-state index in [0.29, 0.717) is 16.7 Å². The van der Waals surface area contributed by atoms with Crippen LogP contribution in [0.1, 0.15) is 10.4 Å². The highest BCUT2D eigenvalue weighted by Crippen LogP contribution is 2.17. The number of hydrogen-bond acceptors (Lipinski definition) is 5. The van der Waals surface area contributed by atoms with Crippen molar-refractivity contribution in [2.45, 2.75) is 0 Å². The predicted molar refractivity (Wildman–Crippen MR) is 83.1 cm³/mol. The van der Waals surface area contributed by atoms with Crippen molar-refractivity contribution in [1.29, 1.82) is 5.41 Å². The van der Waals surface area contributed by atoms with E-state index < -0.39 is 10.8 Å². The summed E-state index contributed by atoms with van der Waals surface area (Å²) >= 11 is 0. The van der Waals surface area contributed by atoms with Gasteiger partial charge in [-0.2, -0.15) is 0 Å². The Labute approximate surface area is 129 Å². The number of carbonyl (C=O) groups excluding carboxylic acids is 1. The number of hydrogen-bond donors (Lipinski definition) is 2. The Hall–Kier alpha value is -3.48. The van der Waals surface area contributed by atoms with Crippen LogP contribution < -0.4 is 10.9 Å². The second-order valence-corrected chi connectivity index (χ2v) is 4.79. The van der Waals surface area contributed by atoms with Gasteiger partial charge in [0.05, 0.1) is 4.92 Å². The normalized spacial score (nSPS) is 10.4. The molecule has 1 heterocycles. The quantitative estimate of drug-likeness (QED) is 0.572. The Kier molecular flexibility index (Phi) is 3.60.